The lowest BCUT2D eigenvalue weighted by molar-refractivity contribution is 0.231. The fourth-order valence-electron chi connectivity index (χ4n) is 2.31. The van der Waals surface area contributed by atoms with Gasteiger partial charge in [0, 0.05) is 31.2 Å². The molecule has 98 valence electrons. The van der Waals surface area contributed by atoms with Crippen molar-refractivity contribution in [2.24, 2.45) is 0 Å². The predicted octanol–water partition coefficient (Wildman–Crippen LogP) is 2.25. The van der Waals surface area contributed by atoms with Crippen LogP contribution in [-0.2, 0) is 0 Å². The lowest BCUT2D eigenvalue weighted by Gasteiger charge is -2.37. The summed E-state index contributed by atoms with van der Waals surface area (Å²) in [5.41, 5.74) is 1.53. The number of halogens is 1. The highest BCUT2D eigenvalue weighted by molar-refractivity contribution is 6.30. The van der Waals surface area contributed by atoms with Crippen LogP contribution in [0.4, 0.5) is 5.69 Å². The van der Waals surface area contributed by atoms with Gasteiger partial charge in [-0.15, -0.1) is 0 Å². The van der Waals surface area contributed by atoms with Crippen molar-refractivity contribution in [3.8, 4) is 12.1 Å². The molecule has 5 heteroatoms. The molecule has 0 aliphatic carbocycles. The summed E-state index contributed by atoms with van der Waals surface area (Å²) < 4.78 is 0. The van der Waals surface area contributed by atoms with Crippen molar-refractivity contribution >= 4 is 17.3 Å². The summed E-state index contributed by atoms with van der Waals surface area (Å²) >= 11 is 5.90. The van der Waals surface area contributed by atoms with Crippen LogP contribution in [-0.4, -0.2) is 37.1 Å². The normalized spacial score (nSPS) is 17.6. The van der Waals surface area contributed by atoms with Crippen LogP contribution in [0.3, 0.4) is 0 Å². The van der Waals surface area contributed by atoms with E-state index >= 15 is 0 Å². The van der Waals surface area contributed by atoms with Crippen LogP contribution in [0, 0.1) is 22.7 Å². The van der Waals surface area contributed by atoms with Crippen molar-refractivity contribution in [2.45, 2.75) is 13.0 Å². The Labute approximate surface area is 118 Å². The van der Waals surface area contributed by atoms with Gasteiger partial charge in [-0.05, 0) is 25.1 Å². The molecule has 0 radical (unpaired) electrons. The van der Waals surface area contributed by atoms with Crippen LogP contribution in [0.1, 0.15) is 12.5 Å². The van der Waals surface area contributed by atoms with Crippen LogP contribution in [0.2, 0.25) is 5.02 Å². The van der Waals surface area contributed by atoms with E-state index in [1.165, 1.54) is 0 Å². The molecule has 1 atom stereocenters. The average Bonchev–Trinajstić information content (AvgIpc) is 2.46. The standard InChI is InChI=1S/C14H15ClN4/c1-11(9-16)18-4-6-19(7-5-18)14-3-2-13(15)8-12(14)10-17/h2-3,8,11H,4-7H2,1H3. The quantitative estimate of drug-likeness (QED) is 0.830. The third-order valence-electron chi connectivity index (χ3n) is 3.47. The first-order valence-corrected chi connectivity index (χ1v) is 6.61. The Morgan fingerprint density at radius 3 is 2.47 bits per heavy atom. The summed E-state index contributed by atoms with van der Waals surface area (Å²) in [7, 11) is 0. The fourth-order valence-corrected chi connectivity index (χ4v) is 2.48. The van der Waals surface area contributed by atoms with Gasteiger partial charge in [0.15, 0.2) is 0 Å². The van der Waals surface area contributed by atoms with Crippen LogP contribution >= 0.6 is 11.6 Å². The number of nitriles is 2. The Balaban J connectivity index is 2.11. The zero-order valence-corrected chi connectivity index (χ0v) is 11.6. The number of benzene rings is 1. The van der Waals surface area contributed by atoms with E-state index in [0.29, 0.717) is 10.6 Å². The maximum atomic E-state index is 9.16. The van der Waals surface area contributed by atoms with Crippen LogP contribution < -0.4 is 4.90 Å². The van der Waals surface area contributed by atoms with Gasteiger partial charge in [-0.2, -0.15) is 10.5 Å². The van der Waals surface area contributed by atoms with E-state index in [1.54, 1.807) is 6.07 Å². The monoisotopic (exact) mass is 274 g/mol. The predicted molar refractivity (Wildman–Crippen MR) is 75.0 cm³/mol. The molecule has 0 amide bonds. The van der Waals surface area contributed by atoms with Crippen molar-refractivity contribution in [3.63, 3.8) is 0 Å². The van der Waals surface area contributed by atoms with Gasteiger partial charge in [0.05, 0.1) is 23.4 Å². The number of hydrogen-bond donors (Lipinski definition) is 0. The topological polar surface area (TPSA) is 54.1 Å². The maximum Gasteiger partial charge on any atom is 0.101 e. The van der Waals surface area contributed by atoms with Gasteiger partial charge in [-0.25, -0.2) is 0 Å². The van der Waals surface area contributed by atoms with E-state index in [4.69, 9.17) is 22.1 Å². The summed E-state index contributed by atoms with van der Waals surface area (Å²) in [6, 6.07) is 9.79. The molecule has 19 heavy (non-hydrogen) atoms. The molecule has 0 saturated carbocycles. The third kappa shape index (κ3) is 2.98. The van der Waals surface area contributed by atoms with Gasteiger partial charge >= 0.3 is 0 Å². The van der Waals surface area contributed by atoms with Crippen molar-refractivity contribution in [2.75, 3.05) is 31.1 Å². The molecule has 0 aromatic heterocycles. The van der Waals surface area contributed by atoms with E-state index in [1.807, 2.05) is 19.1 Å². The Hall–Kier alpha value is -1.75. The van der Waals surface area contributed by atoms with Crippen molar-refractivity contribution < 1.29 is 0 Å². The molecule has 1 heterocycles. The highest BCUT2D eigenvalue weighted by atomic mass is 35.5. The van der Waals surface area contributed by atoms with Crippen LogP contribution in [0.25, 0.3) is 0 Å². The summed E-state index contributed by atoms with van der Waals surface area (Å²) in [6.45, 7) is 5.23. The highest BCUT2D eigenvalue weighted by Gasteiger charge is 2.22. The number of piperazine rings is 1. The second-order valence-corrected chi connectivity index (χ2v) is 5.04. The molecule has 1 aliphatic rings. The maximum absolute atomic E-state index is 9.16. The first kappa shape index (κ1) is 13.7. The number of nitrogens with zero attached hydrogens (tertiary/aromatic N) is 4. The van der Waals surface area contributed by atoms with E-state index in [-0.39, 0.29) is 6.04 Å². The minimum Gasteiger partial charge on any atom is -0.368 e. The molecule has 0 bridgehead atoms. The zero-order valence-electron chi connectivity index (χ0n) is 10.8. The van der Waals surface area contributed by atoms with Gasteiger partial charge < -0.3 is 4.90 Å². The lowest BCUT2D eigenvalue weighted by Crippen LogP contribution is -2.49. The molecule has 1 unspecified atom stereocenters. The number of hydrogen-bond acceptors (Lipinski definition) is 4. The Bertz CT molecular complexity index is 535. The van der Waals surface area contributed by atoms with Crippen molar-refractivity contribution in [3.05, 3.63) is 28.8 Å². The van der Waals surface area contributed by atoms with Gasteiger partial charge in [-0.1, -0.05) is 11.6 Å². The Morgan fingerprint density at radius 2 is 1.89 bits per heavy atom. The highest BCUT2D eigenvalue weighted by Crippen LogP contribution is 2.25. The molecule has 1 aromatic rings. The minimum absolute atomic E-state index is 0.0530. The van der Waals surface area contributed by atoms with Crippen molar-refractivity contribution in [1.29, 1.82) is 10.5 Å². The molecule has 1 aromatic carbocycles. The minimum atomic E-state index is -0.0530. The average molecular weight is 275 g/mol. The van der Waals surface area contributed by atoms with Gasteiger partial charge in [0.2, 0.25) is 0 Å². The van der Waals surface area contributed by atoms with E-state index < -0.39 is 0 Å². The molecular formula is C14H15ClN4. The largest absolute Gasteiger partial charge is 0.368 e. The van der Waals surface area contributed by atoms with Gasteiger partial charge in [-0.3, -0.25) is 4.90 Å². The van der Waals surface area contributed by atoms with E-state index in [9.17, 15) is 0 Å². The number of rotatable bonds is 2. The van der Waals surface area contributed by atoms with Crippen molar-refractivity contribution in [1.82, 2.24) is 4.90 Å². The smallest absolute Gasteiger partial charge is 0.101 e. The van der Waals surface area contributed by atoms with E-state index in [0.717, 1.165) is 31.9 Å². The fraction of sp³-hybridized carbons (Fsp3) is 0.429. The molecule has 4 nitrogen and oxygen atoms in total. The molecule has 1 fully saturated rings. The molecule has 0 N–H and O–H groups in total. The summed E-state index contributed by atoms with van der Waals surface area (Å²) in [6.07, 6.45) is 0. The summed E-state index contributed by atoms with van der Waals surface area (Å²) in [4.78, 5) is 4.33. The van der Waals surface area contributed by atoms with Crippen LogP contribution in [0.5, 0.6) is 0 Å². The first-order valence-electron chi connectivity index (χ1n) is 6.24. The second-order valence-electron chi connectivity index (χ2n) is 4.60. The molecule has 1 saturated heterocycles. The lowest BCUT2D eigenvalue weighted by atomic mass is 10.1. The Morgan fingerprint density at radius 1 is 1.21 bits per heavy atom. The van der Waals surface area contributed by atoms with Crippen LogP contribution in [0.15, 0.2) is 18.2 Å². The molecule has 1 aliphatic heterocycles. The molecule has 2 rings (SSSR count). The van der Waals surface area contributed by atoms with Gasteiger partial charge in [0.25, 0.3) is 0 Å². The third-order valence-corrected chi connectivity index (χ3v) is 3.70. The second kappa shape index (κ2) is 5.93. The molecular weight excluding hydrogens is 260 g/mol. The zero-order chi connectivity index (χ0) is 13.8. The SMILES string of the molecule is CC(C#N)N1CCN(c2ccc(Cl)cc2C#N)CC1. The van der Waals surface area contributed by atoms with E-state index in [2.05, 4.69) is 21.9 Å². The van der Waals surface area contributed by atoms with Gasteiger partial charge in [0.1, 0.15) is 6.07 Å². The Kier molecular flexibility index (Phi) is 4.27. The number of anilines is 1. The first-order chi connectivity index (χ1) is 9.15. The molecule has 0 spiro atoms. The summed E-state index contributed by atoms with van der Waals surface area (Å²) in [5.74, 6) is 0. The summed E-state index contributed by atoms with van der Waals surface area (Å²) in [5, 5.41) is 18.7.